The molecule has 0 fully saturated rings. The minimum Gasteiger partial charge on any atom is -0.265 e. The van der Waals surface area contributed by atoms with Crippen LogP contribution >= 0.6 is 0 Å². The van der Waals surface area contributed by atoms with Crippen LogP contribution < -0.4 is 0 Å². The van der Waals surface area contributed by atoms with Gasteiger partial charge in [0.05, 0.1) is 33.9 Å². The van der Waals surface area contributed by atoms with E-state index in [-0.39, 0.29) is 0 Å². The van der Waals surface area contributed by atoms with E-state index in [4.69, 9.17) is 10.5 Å². The zero-order valence-electron chi connectivity index (χ0n) is 33.8. The summed E-state index contributed by atoms with van der Waals surface area (Å²) in [6.07, 6.45) is 13.4. The summed E-state index contributed by atoms with van der Waals surface area (Å²) in [5.41, 5.74) is 4.92. The molecular formula is C50H50N6O2S. The number of nitrogens with zero attached hydrogens (tertiary/aromatic N) is 6. The Bertz CT molecular complexity index is 2090. The van der Waals surface area contributed by atoms with Crippen molar-refractivity contribution >= 4 is 9.84 Å². The van der Waals surface area contributed by atoms with Gasteiger partial charge in [0.25, 0.3) is 0 Å². The van der Waals surface area contributed by atoms with Crippen molar-refractivity contribution in [2.75, 3.05) is 6.26 Å². The molecule has 0 unspecified atom stereocenters. The van der Waals surface area contributed by atoms with Crippen LogP contribution in [0, 0.1) is 43.4 Å². The number of hydrogen-bond donors (Lipinski definition) is 0. The van der Waals surface area contributed by atoms with Gasteiger partial charge in [0.15, 0.2) is 9.84 Å². The summed E-state index contributed by atoms with van der Waals surface area (Å²) >= 11 is 0. The van der Waals surface area contributed by atoms with Crippen molar-refractivity contribution in [3.63, 3.8) is 0 Å². The van der Waals surface area contributed by atoms with Gasteiger partial charge in [-0.3, -0.25) is 19.9 Å². The molecule has 0 aliphatic carbocycles. The zero-order valence-corrected chi connectivity index (χ0v) is 34.7. The molecule has 0 aliphatic heterocycles. The van der Waals surface area contributed by atoms with Crippen LogP contribution in [0.5, 0.6) is 0 Å². The van der Waals surface area contributed by atoms with Gasteiger partial charge >= 0.3 is 0 Å². The second-order valence-corrected chi connectivity index (χ2v) is 13.8. The lowest BCUT2D eigenvalue weighted by Crippen LogP contribution is -1.95. The maximum atomic E-state index is 10.8. The first-order valence-corrected chi connectivity index (χ1v) is 20.2. The van der Waals surface area contributed by atoms with E-state index < -0.39 is 9.84 Å². The Morgan fingerprint density at radius 3 is 0.983 bits per heavy atom. The highest BCUT2D eigenvalue weighted by atomic mass is 32.2. The van der Waals surface area contributed by atoms with Gasteiger partial charge in [0, 0.05) is 49.6 Å². The van der Waals surface area contributed by atoms with Crippen LogP contribution in [0.2, 0.25) is 0 Å². The lowest BCUT2D eigenvalue weighted by molar-refractivity contribution is 0.602. The maximum absolute atomic E-state index is 10.8. The number of pyridine rings is 2. The molecule has 0 N–H and O–H groups in total. The maximum Gasteiger partial charge on any atom is 0.175 e. The summed E-state index contributed by atoms with van der Waals surface area (Å²) in [5.74, 6) is 0. The quantitative estimate of drug-likeness (QED) is 0.160. The van der Waals surface area contributed by atoms with Crippen molar-refractivity contribution in [1.29, 1.82) is 10.5 Å². The topological polar surface area (TPSA) is 133 Å². The number of nitriles is 2. The second kappa shape index (κ2) is 33.7. The standard InChI is InChI=1S/2C7H5N.C7H8O2S.C7H8.C6H7N.C6H6.C5H6N2.C5H5N/c2*8-6-7-4-2-1-3-5-7;1-10(8,9)7-5-3-2-4-6-7;1-7-5-3-2-4-6-7;1-6-3-2-4-7-5-6;1-2-4-6-5-3-1;1-5-4-6-2-3-7-5;1-2-4-6-5-3-1/h2*1-5H;2-6H,1H3;2-6H,1H3;2-5H,1H3;1-6H;2-4H,1H3;1-5H. The number of aryl methyl sites for hydroxylation is 3. The van der Waals surface area contributed by atoms with E-state index in [1.54, 1.807) is 91.8 Å². The molecular weight excluding hydrogens is 749 g/mol. The van der Waals surface area contributed by atoms with Crippen molar-refractivity contribution in [3.8, 4) is 12.1 Å². The van der Waals surface area contributed by atoms with E-state index in [9.17, 15) is 8.42 Å². The molecule has 8 aromatic rings. The van der Waals surface area contributed by atoms with E-state index in [0.29, 0.717) is 16.0 Å². The number of rotatable bonds is 1. The Morgan fingerprint density at radius 2 is 0.780 bits per heavy atom. The fraction of sp³-hybridized carbons (Fsp3) is 0.0800. The molecule has 0 amide bonds. The molecule has 0 spiro atoms. The molecule has 0 atom stereocenters. The normalized spacial score (nSPS) is 8.78. The smallest absolute Gasteiger partial charge is 0.175 e. The molecule has 0 radical (unpaired) electrons. The highest BCUT2D eigenvalue weighted by molar-refractivity contribution is 7.90. The van der Waals surface area contributed by atoms with E-state index in [0.717, 1.165) is 5.69 Å². The Hall–Kier alpha value is -7.59. The number of hydrogen-bond acceptors (Lipinski definition) is 8. The predicted octanol–water partition coefficient (Wildman–Crippen LogP) is 11.1. The molecule has 0 saturated carbocycles. The van der Waals surface area contributed by atoms with Gasteiger partial charge in [-0.25, -0.2) is 8.42 Å². The minimum absolute atomic E-state index is 0.370. The van der Waals surface area contributed by atoms with Crippen LogP contribution in [0.4, 0.5) is 0 Å². The minimum atomic E-state index is -3.00. The van der Waals surface area contributed by atoms with Crippen molar-refractivity contribution in [2.24, 2.45) is 0 Å². The highest BCUT2D eigenvalue weighted by Crippen LogP contribution is 2.05. The van der Waals surface area contributed by atoms with Crippen LogP contribution in [0.3, 0.4) is 0 Å². The van der Waals surface area contributed by atoms with E-state index in [1.807, 2.05) is 154 Å². The molecule has 3 heterocycles. The van der Waals surface area contributed by atoms with E-state index in [2.05, 4.69) is 39.0 Å². The lowest BCUT2D eigenvalue weighted by Gasteiger charge is -1.93. The van der Waals surface area contributed by atoms with Crippen molar-refractivity contribution in [2.45, 2.75) is 25.7 Å². The average Bonchev–Trinajstić information content (AvgIpc) is 3.30. The average molecular weight is 799 g/mol. The molecule has 0 saturated heterocycles. The number of aromatic nitrogens is 4. The van der Waals surface area contributed by atoms with Crippen LogP contribution in [-0.4, -0.2) is 34.6 Å². The largest absolute Gasteiger partial charge is 0.265 e. The third kappa shape index (κ3) is 30.3. The van der Waals surface area contributed by atoms with Crippen LogP contribution in [0.15, 0.2) is 236 Å². The van der Waals surface area contributed by atoms with Gasteiger partial charge in [-0.1, -0.05) is 139 Å². The second-order valence-electron chi connectivity index (χ2n) is 11.8. The Labute approximate surface area is 350 Å². The van der Waals surface area contributed by atoms with Gasteiger partial charge in [-0.05, 0) is 80.9 Å². The summed E-state index contributed by atoms with van der Waals surface area (Å²) < 4.78 is 21.7. The molecule has 3 aromatic heterocycles. The van der Waals surface area contributed by atoms with Gasteiger partial charge in [0.1, 0.15) is 0 Å². The highest BCUT2D eigenvalue weighted by Gasteiger charge is 2.03. The first-order chi connectivity index (χ1) is 28.7. The third-order valence-corrected chi connectivity index (χ3v) is 7.78. The molecule has 59 heavy (non-hydrogen) atoms. The van der Waals surface area contributed by atoms with Crippen LogP contribution in [-0.2, 0) is 9.84 Å². The molecule has 8 nitrogen and oxygen atoms in total. The van der Waals surface area contributed by atoms with Gasteiger partial charge in [-0.2, -0.15) is 10.5 Å². The Morgan fingerprint density at radius 1 is 0.407 bits per heavy atom. The predicted molar refractivity (Wildman–Crippen MR) is 239 cm³/mol. The number of benzene rings is 5. The van der Waals surface area contributed by atoms with Gasteiger partial charge < -0.3 is 0 Å². The first-order valence-electron chi connectivity index (χ1n) is 18.3. The van der Waals surface area contributed by atoms with Crippen LogP contribution in [0.25, 0.3) is 0 Å². The SMILES string of the molecule is CS(=O)(=O)c1ccccc1.Cc1ccccc1.Cc1cccnc1.Cc1cnccn1.N#Cc1ccccc1.N#Cc1ccccc1.c1ccccc1.c1ccncc1. The molecule has 8 rings (SSSR count). The van der Waals surface area contributed by atoms with Crippen LogP contribution in [0.1, 0.15) is 27.9 Å². The van der Waals surface area contributed by atoms with E-state index >= 15 is 0 Å². The van der Waals surface area contributed by atoms with Gasteiger partial charge in [-0.15, -0.1) is 0 Å². The fourth-order valence-electron chi connectivity index (χ4n) is 3.75. The first kappa shape index (κ1) is 49.4. The molecule has 298 valence electrons. The summed E-state index contributed by atoms with van der Waals surface area (Å²) in [6, 6.07) is 62.6. The van der Waals surface area contributed by atoms with E-state index in [1.165, 1.54) is 17.4 Å². The monoisotopic (exact) mass is 798 g/mol. The van der Waals surface area contributed by atoms with Gasteiger partial charge in [0.2, 0.25) is 0 Å². The molecule has 5 aromatic carbocycles. The summed E-state index contributed by atoms with van der Waals surface area (Å²) in [4.78, 5) is 15.8. The Balaban J connectivity index is 0.000000339. The summed E-state index contributed by atoms with van der Waals surface area (Å²) in [5, 5.41) is 16.6. The number of sulfone groups is 1. The summed E-state index contributed by atoms with van der Waals surface area (Å²) in [7, 11) is -3.00. The lowest BCUT2D eigenvalue weighted by atomic mass is 10.2. The fourth-order valence-corrected chi connectivity index (χ4v) is 4.40. The van der Waals surface area contributed by atoms with Crippen molar-refractivity contribution in [1.82, 2.24) is 19.9 Å². The van der Waals surface area contributed by atoms with Crippen molar-refractivity contribution in [3.05, 3.63) is 259 Å². The Kier molecular flexibility index (Phi) is 28.3. The molecule has 0 aliphatic rings. The third-order valence-electron chi connectivity index (χ3n) is 6.65. The van der Waals surface area contributed by atoms with Crippen molar-refractivity contribution < 1.29 is 8.42 Å². The summed E-state index contributed by atoms with van der Waals surface area (Å²) in [6.45, 7) is 6.01. The molecule has 9 heteroatoms. The zero-order chi connectivity index (χ0) is 43.1. The molecule has 0 bridgehead atoms.